The molecule has 0 saturated heterocycles. The van der Waals surface area contributed by atoms with E-state index in [1.807, 2.05) is 0 Å². The summed E-state index contributed by atoms with van der Waals surface area (Å²) in [4.78, 5) is 0. The second kappa shape index (κ2) is 13.1. The molecule has 0 fully saturated rings. The van der Waals surface area contributed by atoms with Crippen LogP contribution < -0.4 is 0 Å². The van der Waals surface area contributed by atoms with Gasteiger partial charge in [-0.15, -0.1) is 0 Å². The van der Waals surface area contributed by atoms with Gasteiger partial charge in [0.05, 0.1) is 0 Å². The Labute approximate surface area is 127 Å². The van der Waals surface area contributed by atoms with Crippen LogP contribution in [-0.2, 0) is 0 Å². The van der Waals surface area contributed by atoms with Gasteiger partial charge >= 0.3 is 0 Å². The summed E-state index contributed by atoms with van der Waals surface area (Å²) in [5.74, 6) is 15.6. The maximum atomic E-state index is 3.00. The second-order valence-corrected chi connectivity index (χ2v) is 6.61. The first kappa shape index (κ1) is 15.7. The highest BCUT2D eigenvalue weighted by atomic mass is 32.2. The van der Waals surface area contributed by atoms with Crippen molar-refractivity contribution < 1.29 is 0 Å². The van der Waals surface area contributed by atoms with E-state index in [1.54, 1.807) is 47.0 Å². The van der Waals surface area contributed by atoms with Crippen LogP contribution in [0.15, 0.2) is 0 Å². The molecule has 0 aromatic carbocycles. The van der Waals surface area contributed by atoms with Gasteiger partial charge in [-0.1, -0.05) is 47.0 Å². The molecule has 0 unspecified atom stereocenters. The molecule has 1 aliphatic rings. The zero-order chi connectivity index (χ0) is 12.7. The molecule has 92 valence electrons. The summed E-state index contributed by atoms with van der Waals surface area (Å²) in [6.45, 7) is 0. The van der Waals surface area contributed by atoms with Crippen LogP contribution in [0.5, 0.6) is 0 Å². The maximum absolute atomic E-state index is 3.00. The van der Waals surface area contributed by atoms with Crippen molar-refractivity contribution in [3.05, 3.63) is 0 Å². The fraction of sp³-hybridized carbons (Fsp3) is 0.429. The lowest BCUT2D eigenvalue weighted by Gasteiger charge is -1.91. The molecule has 0 aromatic heterocycles. The monoisotopic (exact) mass is 308 g/mol. The molecule has 0 aromatic rings. The number of rotatable bonds is 0. The summed E-state index contributed by atoms with van der Waals surface area (Å²) in [7, 11) is 0. The Morgan fingerprint density at radius 1 is 0.444 bits per heavy atom. The van der Waals surface area contributed by atoms with Gasteiger partial charge in [0, 0.05) is 23.0 Å². The predicted octanol–water partition coefficient (Wildman–Crippen LogP) is 3.56. The van der Waals surface area contributed by atoms with Gasteiger partial charge in [-0.2, -0.15) is 0 Å². The van der Waals surface area contributed by atoms with Crippen molar-refractivity contribution >= 4 is 47.0 Å². The van der Waals surface area contributed by atoms with Crippen molar-refractivity contribution in [2.75, 3.05) is 23.0 Å². The summed E-state index contributed by atoms with van der Waals surface area (Å²) in [6, 6.07) is 0. The normalized spacial score (nSPS) is 16.9. The Hall–Kier alpha value is -0.360. The molecule has 0 amide bonds. The van der Waals surface area contributed by atoms with E-state index in [2.05, 4.69) is 44.7 Å². The number of hydrogen-bond acceptors (Lipinski definition) is 4. The highest BCUT2D eigenvalue weighted by molar-refractivity contribution is 8.05. The van der Waals surface area contributed by atoms with Crippen LogP contribution in [0.2, 0.25) is 0 Å². The molecule has 0 atom stereocenters. The van der Waals surface area contributed by atoms with Gasteiger partial charge in [0.25, 0.3) is 0 Å². The van der Waals surface area contributed by atoms with Crippen LogP contribution >= 0.6 is 47.0 Å². The predicted molar refractivity (Wildman–Crippen MR) is 90.2 cm³/mol. The van der Waals surface area contributed by atoms with E-state index in [-0.39, 0.29) is 0 Å². The Kier molecular flexibility index (Phi) is 11.4. The molecule has 0 saturated carbocycles. The summed E-state index contributed by atoms with van der Waals surface area (Å²) in [5.41, 5.74) is 0. The van der Waals surface area contributed by atoms with Gasteiger partial charge in [0.15, 0.2) is 0 Å². The number of thioether (sulfide) groups is 4. The Bertz CT molecular complexity index is 375. The van der Waals surface area contributed by atoms with E-state index in [9.17, 15) is 0 Å². The van der Waals surface area contributed by atoms with Gasteiger partial charge in [-0.05, 0) is 57.5 Å². The molecule has 0 aliphatic carbocycles. The third kappa shape index (κ3) is 10.8. The highest BCUT2D eigenvalue weighted by Gasteiger charge is 1.87. The van der Waals surface area contributed by atoms with Gasteiger partial charge in [0.2, 0.25) is 0 Å². The quantitative estimate of drug-likeness (QED) is 0.627. The van der Waals surface area contributed by atoms with E-state index in [4.69, 9.17) is 0 Å². The van der Waals surface area contributed by atoms with Gasteiger partial charge < -0.3 is 0 Å². The summed E-state index contributed by atoms with van der Waals surface area (Å²) in [6.07, 6.45) is 2.23. The van der Waals surface area contributed by atoms with E-state index < -0.39 is 0 Å². The zero-order valence-corrected chi connectivity index (χ0v) is 13.1. The van der Waals surface area contributed by atoms with Crippen molar-refractivity contribution in [1.82, 2.24) is 0 Å². The number of hydrogen-bond donors (Lipinski definition) is 0. The smallest absolute Gasteiger partial charge is 0.00652 e. The van der Waals surface area contributed by atoms with Crippen LogP contribution in [0.4, 0.5) is 0 Å². The Morgan fingerprint density at radius 3 is 1.00 bits per heavy atom. The van der Waals surface area contributed by atoms with Crippen molar-refractivity contribution in [3.63, 3.8) is 0 Å². The zero-order valence-electron chi connectivity index (χ0n) is 9.88. The minimum atomic E-state index is 1.04. The minimum Gasteiger partial charge on any atom is -0.0740 e. The minimum absolute atomic E-state index is 1.04. The van der Waals surface area contributed by atoms with Crippen LogP contribution in [0.3, 0.4) is 0 Å². The molecule has 1 aliphatic heterocycles. The SMILES string of the molecule is C1#CSCCCSC#CC#CSCCCSC#C1. The molecule has 0 nitrogen and oxygen atoms in total. The second-order valence-electron chi connectivity index (χ2n) is 3.01. The molecule has 4 heteroatoms. The third-order valence-electron chi connectivity index (χ3n) is 1.60. The third-order valence-corrected chi connectivity index (χ3v) is 4.56. The molecular formula is C14H12S4. The van der Waals surface area contributed by atoms with Crippen molar-refractivity contribution in [2.24, 2.45) is 0 Å². The Balaban J connectivity index is 2.35. The van der Waals surface area contributed by atoms with Crippen molar-refractivity contribution in [1.29, 1.82) is 0 Å². The first-order valence-corrected chi connectivity index (χ1v) is 9.41. The van der Waals surface area contributed by atoms with Crippen molar-refractivity contribution in [3.8, 4) is 44.7 Å². The van der Waals surface area contributed by atoms with E-state index in [0.29, 0.717) is 0 Å². The van der Waals surface area contributed by atoms with E-state index >= 15 is 0 Å². The summed E-state index contributed by atoms with van der Waals surface area (Å²) in [5, 5.41) is 12.0. The average Bonchev–Trinajstić information content (AvgIpc) is 2.39. The van der Waals surface area contributed by atoms with Crippen LogP contribution in [0.1, 0.15) is 12.8 Å². The van der Waals surface area contributed by atoms with E-state index in [0.717, 1.165) is 35.9 Å². The fourth-order valence-electron chi connectivity index (χ4n) is 0.857. The maximum Gasteiger partial charge on any atom is 0.00652 e. The standard InChI is InChI=1S/C14H12S4/c1-2-8-16-12-6-14-18-10-4-3-9-17-13-5-11-15-7-1/h5-6,11-14H2. The average molecular weight is 309 g/mol. The van der Waals surface area contributed by atoms with Crippen molar-refractivity contribution in [2.45, 2.75) is 12.8 Å². The largest absolute Gasteiger partial charge is 0.0740 e. The molecule has 18 heavy (non-hydrogen) atoms. The molecule has 0 spiro atoms. The highest BCUT2D eigenvalue weighted by Crippen LogP contribution is 2.07. The molecule has 1 heterocycles. The van der Waals surface area contributed by atoms with E-state index in [1.165, 1.54) is 0 Å². The molecule has 1 rings (SSSR count). The van der Waals surface area contributed by atoms with Gasteiger partial charge in [-0.3, -0.25) is 0 Å². The summed E-state index contributed by atoms with van der Waals surface area (Å²) < 4.78 is 0. The first-order valence-electron chi connectivity index (χ1n) is 5.47. The molecule has 0 radical (unpaired) electrons. The lowest BCUT2D eigenvalue weighted by Crippen LogP contribution is -1.80. The lowest BCUT2D eigenvalue weighted by atomic mass is 10.6. The topological polar surface area (TPSA) is 0 Å². The fourth-order valence-corrected chi connectivity index (χ4v) is 3.28. The van der Waals surface area contributed by atoms with Crippen LogP contribution in [-0.4, -0.2) is 23.0 Å². The lowest BCUT2D eigenvalue weighted by molar-refractivity contribution is 1.13. The van der Waals surface area contributed by atoms with Crippen LogP contribution in [0, 0.1) is 44.7 Å². The summed E-state index contributed by atoms with van der Waals surface area (Å²) >= 11 is 6.52. The molecule has 0 bridgehead atoms. The van der Waals surface area contributed by atoms with Crippen LogP contribution in [0.25, 0.3) is 0 Å². The first-order chi connectivity index (χ1) is 9.00. The van der Waals surface area contributed by atoms with Gasteiger partial charge in [-0.25, -0.2) is 0 Å². The molecular weight excluding hydrogens is 296 g/mol. The Morgan fingerprint density at radius 2 is 0.722 bits per heavy atom. The van der Waals surface area contributed by atoms with Gasteiger partial charge in [0.1, 0.15) is 0 Å². The molecule has 0 N–H and O–H groups in total.